The van der Waals surface area contributed by atoms with Gasteiger partial charge in [0.2, 0.25) is 21.8 Å². The first-order valence-electron chi connectivity index (χ1n) is 18.1. The van der Waals surface area contributed by atoms with Crippen LogP contribution in [0, 0.1) is 17.2 Å². The standard InChI is InChI=1S/C40H53N7O6S/c1-7-42-39(50)36(28(2)3)45-37(48)29(4)43-27-34(23-31-17-12-9-13-18-31)44-38(49)32-24-33(26-35(25-32)46(5)54(6,52)53)40(51)47(21-14-20-41)22-19-30-15-10-8-11-16-30/h8-13,15-18,24-26,28-29,34,36,43H,7,14,19,21-23,27H2,1-6H3,(H,42,50)(H,44,49)(H,45,48)/t29-,34-,36-/m0/s1. The summed E-state index contributed by atoms with van der Waals surface area (Å²) in [5.74, 6) is -1.80. The van der Waals surface area contributed by atoms with E-state index in [-0.39, 0.29) is 54.1 Å². The van der Waals surface area contributed by atoms with Crippen molar-refractivity contribution in [2.75, 3.05) is 43.8 Å². The van der Waals surface area contributed by atoms with Crippen LogP contribution in [-0.4, -0.2) is 94.6 Å². The zero-order valence-electron chi connectivity index (χ0n) is 32.0. The molecule has 3 aromatic carbocycles. The Hall–Kier alpha value is -5.26. The molecule has 3 aromatic rings. The molecular weight excluding hydrogens is 707 g/mol. The summed E-state index contributed by atoms with van der Waals surface area (Å²) >= 11 is 0. The number of benzene rings is 3. The molecule has 4 N–H and O–H groups in total. The maximum atomic E-state index is 14.0. The highest BCUT2D eigenvalue weighted by Crippen LogP contribution is 2.23. The van der Waals surface area contributed by atoms with Gasteiger partial charge in [-0.15, -0.1) is 0 Å². The number of sulfonamides is 1. The van der Waals surface area contributed by atoms with Gasteiger partial charge in [-0.3, -0.25) is 23.5 Å². The van der Waals surface area contributed by atoms with Crippen molar-refractivity contribution >= 4 is 39.3 Å². The summed E-state index contributed by atoms with van der Waals surface area (Å²) in [5.41, 5.74) is 2.19. The molecule has 290 valence electrons. The molecule has 4 amide bonds. The van der Waals surface area contributed by atoms with Gasteiger partial charge < -0.3 is 26.2 Å². The number of carbonyl (C=O) groups is 4. The third-order valence-electron chi connectivity index (χ3n) is 8.90. The van der Waals surface area contributed by atoms with E-state index >= 15 is 0 Å². The van der Waals surface area contributed by atoms with Gasteiger partial charge in [-0.25, -0.2) is 8.42 Å². The van der Waals surface area contributed by atoms with E-state index in [1.807, 2.05) is 74.5 Å². The second kappa shape index (κ2) is 20.8. The smallest absolute Gasteiger partial charge is 0.253 e. The monoisotopic (exact) mass is 759 g/mol. The molecule has 0 aliphatic carbocycles. The highest BCUT2D eigenvalue weighted by atomic mass is 32.2. The summed E-state index contributed by atoms with van der Waals surface area (Å²) < 4.78 is 26.2. The van der Waals surface area contributed by atoms with E-state index < -0.39 is 40.0 Å². The Balaban J connectivity index is 1.91. The van der Waals surface area contributed by atoms with Gasteiger partial charge >= 0.3 is 0 Å². The van der Waals surface area contributed by atoms with Crippen molar-refractivity contribution in [3.05, 3.63) is 101 Å². The van der Waals surface area contributed by atoms with Gasteiger partial charge in [0, 0.05) is 50.4 Å². The summed E-state index contributed by atoms with van der Waals surface area (Å²) in [5, 5.41) is 21.1. The molecular formula is C40H53N7O6S. The first-order valence-corrected chi connectivity index (χ1v) is 19.9. The highest BCUT2D eigenvalue weighted by Gasteiger charge is 2.27. The Morgan fingerprint density at radius 1 is 0.833 bits per heavy atom. The largest absolute Gasteiger partial charge is 0.355 e. The van der Waals surface area contributed by atoms with E-state index in [4.69, 9.17) is 0 Å². The number of amides is 4. The van der Waals surface area contributed by atoms with Crippen molar-refractivity contribution in [3.8, 4) is 6.07 Å². The predicted molar refractivity (Wildman–Crippen MR) is 210 cm³/mol. The maximum Gasteiger partial charge on any atom is 0.253 e. The molecule has 3 rings (SSSR count). The Morgan fingerprint density at radius 3 is 2.02 bits per heavy atom. The topological polar surface area (TPSA) is 181 Å². The fourth-order valence-electron chi connectivity index (χ4n) is 5.68. The molecule has 14 heteroatoms. The lowest BCUT2D eigenvalue weighted by atomic mass is 10.0. The molecule has 0 saturated carbocycles. The molecule has 3 atom stereocenters. The van der Waals surface area contributed by atoms with Crippen molar-refractivity contribution in [1.82, 2.24) is 26.2 Å². The lowest BCUT2D eigenvalue weighted by Gasteiger charge is -2.26. The van der Waals surface area contributed by atoms with Gasteiger partial charge in [-0.05, 0) is 61.9 Å². The van der Waals surface area contributed by atoms with E-state index in [2.05, 4.69) is 27.3 Å². The number of hydrogen-bond acceptors (Lipinski definition) is 8. The van der Waals surface area contributed by atoms with E-state index in [9.17, 15) is 32.9 Å². The van der Waals surface area contributed by atoms with Crippen molar-refractivity contribution in [2.24, 2.45) is 5.92 Å². The Morgan fingerprint density at radius 2 is 1.44 bits per heavy atom. The Bertz CT molecular complexity index is 1870. The van der Waals surface area contributed by atoms with Crippen molar-refractivity contribution in [2.45, 2.75) is 65.1 Å². The molecule has 0 radical (unpaired) electrons. The quantitative estimate of drug-likeness (QED) is 0.136. The zero-order chi connectivity index (χ0) is 39.8. The van der Waals surface area contributed by atoms with Crippen LogP contribution in [0.25, 0.3) is 0 Å². The average molecular weight is 760 g/mol. The number of carbonyl (C=O) groups excluding carboxylic acids is 4. The van der Waals surface area contributed by atoms with Gasteiger partial charge in [0.1, 0.15) is 6.04 Å². The lowest BCUT2D eigenvalue weighted by Crippen LogP contribution is -2.55. The van der Waals surface area contributed by atoms with Crippen LogP contribution in [0.5, 0.6) is 0 Å². The molecule has 0 heterocycles. The predicted octanol–water partition coefficient (Wildman–Crippen LogP) is 3.28. The minimum atomic E-state index is -3.77. The van der Waals surface area contributed by atoms with E-state index in [0.29, 0.717) is 25.9 Å². The van der Waals surface area contributed by atoms with Crippen LogP contribution in [0.2, 0.25) is 0 Å². The van der Waals surface area contributed by atoms with Crippen LogP contribution < -0.4 is 25.6 Å². The number of anilines is 1. The van der Waals surface area contributed by atoms with Crippen LogP contribution >= 0.6 is 0 Å². The number of likely N-dealkylation sites (N-methyl/N-ethyl adjacent to an activating group) is 1. The van der Waals surface area contributed by atoms with Crippen LogP contribution in [-0.2, 0) is 32.5 Å². The average Bonchev–Trinajstić information content (AvgIpc) is 3.15. The Labute approximate surface area is 319 Å². The summed E-state index contributed by atoms with van der Waals surface area (Å²) in [6, 6.07) is 23.4. The summed E-state index contributed by atoms with van der Waals surface area (Å²) in [7, 11) is -2.43. The number of rotatable bonds is 20. The van der Waals surface area contributed by atoms with Crippen LogP contribution in [0.1, 0.15) is 66.0 Å². The molecule has 54 heavy (non-hydrogen) atoms. The maximum absolute atomic E-state index is 14.0. The molecule has 0 aliphatic heterocycles. The fourth-order valence-corrected chi connectivity index (χ4v) is 6.17. The second-order valence-corrected chi connectivity index (χ2v) is 15.6. The van der Waals surface area contributed by atoms with Gasteiger partial charge in [0.25, 0.3) is 11.8 Å². The molecule has 0 bridgehead atoms. The van der Waals surface area contributed by atoms with E-state index in [1.54, 1.807) is 13.8 Å². The number of hydrogen-bond donors (Lipinski definition) is 4. The summed E-state index contributed by atoms with van der Waals surface area (Å²) in [6.07, 6.45) is 2.03. The SMILES string of the molecule is CCNC(=O)[C@@H](NC(=O)[C@H](C)NC[C@H](Cc1ccccc1)NC(=O)c1cc(C(=O)N(CCC#N)CCc2ccccc2)cc(N(C)S(C)(=O)=O)c1)C(C)C. The summed E-state index contributed by atoms with van der Waals surface area (Å²) in [4.78, 5) is 55.3. The molecule has 0 spiro atoms. The summed E-state index contributed by atoms with van der Waals surface area (Å²) in [6.45, 7) is 8.22. The second-order valence-electron chi connectivity index (χ2n) is 13.5. The van der Waals surface area contributed by atoms with Gasteiger partial charge in [-0.2, -0.15) is 5.26 Å². The first kappa shape index (κ1) is 43.1. The number of nitriles is 1. The highest BCUT2D eigenvalue weighted by molar-refractivity contribution is 7.92. The van der Waals surface area contributed by atoms with Crippen molar-refractivity contribution in [3.63, 3.8) is 0 Å². The van der Waals surface area contributed by atoms with E-state index in [0.717, 1.165) is 21.7 Å². The molecule has 0 aromatic heterocycles. The first-order chi connectivity index (χ1) is 25.6. The molecule has 13 nitrogen and oxygen atoms in total. The third-order valence-corrected chi connectivity index (χ3v) is 10.1. The van der Waals surface area contributed by atoms with Crippen molar-refractivity contribution < 1.29 is 27.6 Å². The van der Waals surface area contributed by atoms with Gasteiger partial charge in [0.05, 0.1) is 30.5 Å². The zero-order valence-corrected chi connectivity index (χ0v) is 32.8. The minimum Gasteiger partial charge on any atom is -0.355 e. The van der Waals surface area contributed by atoms with Gasteiger partial charge in [0.15, 0.2) is 0 Å². The van der Waals surface area contributed by atoms with E-state index in [1.165, 1.54) is 30.1 Å². The normalized spacial score (nSPS) is 12.9. The lowest BCUT2D eigenvalue weighted by molar-refractivity contribution is -0.130. The Kier molecular flexibility index (Phi) is 16.7. The van der Waals surface area contributed by atoms with Crippen molar-refractivity contribution in [1.29, 1.82) is 5.26 Å². The molecule has 0 saturated heterocycles. The molecule has 0 unspecified atom stereocenters. The van der Waals surface area contributed by atoms with Crippen LogP contribution in [0.15, 0.2) is 78.9 Å². The van der Waals surface area contributed by atoms with Crippen LogP contribution in [0.4, 0.5) is 5.69 Å². The number of nitrogens with one attached hydrogen (secondary N) is 4. The third kappa shape index (κ3) is 13.3. The fraction of sp³-hybridized carbons (Fsp3) is 0.425. The minimum absolute atomic E-state index is 0.0557. The van der Waals surface area contributed by atoms with Crippen LogP contribution in [0.3, 0.4) is 0 Å². The molecule has 0 fully saturated rings. The van der Waals surface area contributed by atoms with Gasteiger partial charge in [-0.1, -0.05) is 74.5 Å². The molecule has 0 aliphatic rings. The number of nitrogens with zero attached hydrogens (tertiary/aromatic N) is 3.